The van der Waals surface area contributed by atoms with Gasteiger partial charge in [-0.15, -0.1) is 13.2 Å². The molecule has 0 radical (unpaired) electrons. The van der Waals surface area contributed by atoms with E-state index in [0.717, 1.165) is 5.82 Å². The lowest BCUT2D eigenvalue weighted by atomic mass is 9.96. The number of hydrogen-bond acceptors (Lipinski definition) is 6. The summed E-state index contributed by atoms with van der Waals surface area (Å²) < 4.78 is 43.5. The number of carbonyl (C=O) groups excluding carboxylic acids is 1. The van der Waals surface area contributed by atoms with Crippen LogP contribution in [0.25, 0.3) is 5.82 Å². The van der Waals surface area contributed by atoms with Gasteiger partial charge in [-0.05, 0) is 18.9 Å². The van der Waals surface area contributed by atoms with Gasteiger partial charge in [0.05, 0.1) is 0 Å². The van der Waals surface area contributed by atoms with Gasteiger partial charge in [0.15, 0.2) is 0 Å². The summed E-state index contributed by atoms with van der Waals surface area (Å²) in [6.45, 7) is 1.23. The number of benzene rings is 1. The highest BCUT2D eigenvalue weighted by Gasteiger charge is 2.32. The molecule has 11 heteroatoms. The van der Waals surface area contributed by atoms with Gasteiger partial charge in [0.2, 0.25) is 5.91 Å². The molecule has 3 heterocycles. The van der Waals surface area contributed by atoms with Crippen LogP contribution in [0, 0.1) is 5.92 Å². The number of ether oxygens (including phenoxy) is 1. The first kappa shape index (κ1) is 21.6. The zero-order chi connectivity index (χ0) is 22.6. The summed E-state index contributed by atoms with van der Waals surface area (Å²) >= 11 is 0. The van der Waals surface area contributed by atoms with Crippen LogP contribution >= 0.6 is 0 Å². The van der Waals surface area contributed by atoms with Crippen molar-refractivity contribution < 1.29 is 22.7 Å². The van der Waals surface area contributed by atoms with Crippen LogP contribution in [0.2, 0.25) is 0 Å². The molecule has 1 saturated heterocycles. The van der Waals surface area contributed by atoms with Crippen LogP contribution in [0.1, 0.15) is 18.4 Å². The van der Waals surface area contributed by atoms with Crippen LogP contribution < -0.4 is 15.0 Å². The summed E-state index contributed by atoms with van der Waals surface area (Å²) in [6, 6.07) is 7.64. The Hall–Kier alpha value is -3.63. The minimum Gasteiger partial charge on any atom is -0.405 e. The summed E-state index contributed by atoms with van der Waals surface area (Å²) in [6.07, 6.45) is 3.03. The summed E-state index contributed by atoms with van der Waals surface area (Å²) in [5.74, 6) is 0.741. The van der Waals surface area contributed by atoms with Crippen molar-refractivity contribution in [3.8, 4) is 11.6 Å². The van der Waals surface area contributed by atoms with E-state index in [1.807, 2.05) is 6.07 Å². The Morgan fingerprint density at radius 3 is 2.62 bits per heavy atom. The molecule has 1 aromatic carbocycles. The van der Waals surface area contributed by atoms with Crippen molar-refractivity contribution in [3.63, 3.8) is 0 Å². The number of anilines is 1. The lowest BCUT2D eigenvalue weighted by molar-refractivity contribution is -0.274. The van der Waals surface area contributed by atoms with Crippen LogP contribution in [-0.2, 0) is 11.3 Å². The molecule has 0 atom stereocenters. The van der Waals surface area contributed by atoms with Gasteiger partial charge in [-0.25, -0.2) is 15.0 Å². The first-order chi connectivity index (χ1) is 15.4. The van der Waals surface area contributed by atoms with E-state index in [4.69, 9.17) is 0 Å². The molecule has 168 valence electrons. The lowest BCUT2D eigenvalue weighted by Gasteiger charge is -2.32. The standard InChI is InChI=1S/C21H21F3N6O2/c22-21(23,24)32-17-4-2-1-3-16(17)12-26-20(31)15-5-8-29(9-6-15)18-11-19(28-13-27-18)30-10-7-25-14-30/h1-4,7,10-11,13-15H,5-6,8-9,12H2,(H,26,31). The maximum atomic E-state index is 12.6. The monoisotopic (exact) mass is 446 g/mol. The van der Waals surface area contributed by atoms with Gasteiger partial charge in [0, 0.05) is 49.6 Å². The largest absolute Gasteiger partial charge is 0.573 e. The van der Waals surface area contributed by atoms with Crippen molar-refractivity contribution >= 4 is 11.7 Å². The second-order valence-electron chi connectivity index (χ2n) is 7.34. The van der Waals surface area contributed by atoms with Crippen molar-refractivity contribution in [2.45, 2.75) is 25.7 Å². The third-order valence-electron chi connectivity index (χ3n) is 5.25. The molecule has 1 aliphatic heterocycles. The van der Waals surface area contributed by atoms with E-state index in [1.54, 1.807) is 29.4 Å². The van der Waals surface area contributed by atoms with E-state index in [1.165, 1.54) is 24.5 Å². The molecular formula is C21H21F3N6O2. The Kier molecular flexibility index (Phi) is 6.24. The molecule has 8 nitrogen and oxygen atoms in total. The number of alkyl halides is 3. The molecular weight excluding hydrogens is 425 g/mol. The molecule has 1 N–H and O–H groups in total. The zero-order valence-corrected chi connectivity index (χ0v) is 17.0. The van der Waals surface area contributed by atoms with Gasteiger partial charge in [-0.2, -0.15) is 0 Å². The molecule has 0 aliphatic carbocycles. The van der Waals surface area contributed by atoms with Gasteiger partial charge in [0.1, 0.15) is 30.0 Å². The minimum atomic E-state index is -4.79. The van der Waals surface area contributed by atoms with Crippen LogP contribution in [0.3, 0.4) is 0 Å². The number of piperidine rings is 1. The third kappa shape index (κ3) is 5.34. The number of para-hydroxylation sites is 1. The fourth-order valence-corrected chi connectivity index (χ4v) is 3.62. The Balaban J connectivity index is 1.32. The lowest BCUT2D eigenvalue weighted by Crippen LogP contribution is -2.40. The van der Waals surface area contributed by atoms with E-state index in [9.17, 15) is 18.0 Å². The summed E-state index contributed by atoms with van der Waals surface area (Å²) in [4.78, 5) is 27.3. The van der Waals surface area contributed by atoms with Crippen molar-refractivity contribution in [3.05, 3.63) is 60.9 Å². The maximum Gasteiger partial charge on any atom is 0.573 e. The van der Waals surface area contributed by atoms with Crippen molar-refractivity contribution in [1.82, 2.24) is 24.8 Å². The third-order valence-corrected chi connectivity index (χ3v) is 5.25. The number of aromatic nitrogens is 4. The molecule has 2 aromatic heterocycles. The Morgan fingerprint density at radius 1 is 1.16 bits per heavy atom. The van der Waals surface area contributed by atoms with Crippen LogP contribution in [0.5, 0.6) is 5.75 Å². The second kappa shape index (κ2) is 9.25. The van der Waals surface area contributed by atoms with Crippen molar-refractivity contribution in [2.75, 3.05) is 18.0 Å². The number of halogens is 3. The van der Waals surface area contributed by atoms with Crippen molar-refractivity contribution in [2.24, 2.45) is 5.92 Å². The zero-order valence-electron chi connectivity index (χ0n) is 17.0. The van der Waals surface area contributed by atoms with Gasteiger partial charge in [-0.3, -0.25) is 9.36 Å². The molecule has 0 spiro atoms. The number of hydrogen-bond donors (Lipinski definition) is 1. The fourth-order valence-electron chi connectivity index (χ4n) is 3.62. The molecule has 4 rings (SSSR count). The van der Waals surface area contributed by atoms with Crippen LogP contribution in [0.15, 0.2) is 55.4 Å². The Bertz CT molecular complexity index is 1050. The number of rotatable bonds is 6. The van der Waals surface area contributed by atoms with Gasteiger partial charge in [-0.1, -0.05) is 18.2 Å². The topological polar surface area (TPSA) is 85.2 Å². The average molecular weight is 446 g/mol. The summed E-state index contributed by atoms with van der Waals surface area (Å²) in [5.41, 5.74) is 0.267. The first-order valence-corrected chi connectivity index (χ1v) is 10.1. The molecule has 1 fully saturated rings. The minimum absolute atomic E-state index is 0.0362. The molecule has 0 unspecified atom stereocenters. The normalized spacial score (nSPS) is 14.9. The molecule has 32 heavy (non-hydrogen) atoms. The Labute approximate surface area is 182 Å². The highest BCUT2D eigenvalue weighted by Crippen LogP contribution is 2.27. The van der Waals surface area contributed by atoms with Crippen LogP contribution in [0.4, 0.5) is 19.0 Å². The molecule has 0 bridgehead atoms. The quantitative estimate of drug-likeness (QED) is 0.627. The summed E-state index contributed by atoms with van der Waals surface area (Å²) in [5, 5.41) is 2.74. The van der Waals surface area contributed by atoms with E-state index < -0.39 is 6.36 Å². The predicted molar refractivity (Wildman–Crippen MR) is 109 cm³/mol. The average Bonchev–Trinajstić information content (AvgIpc) is 3.33. The van der Waals surface area contributed by atoms with E-state index >= 15 is 0 Å². The van der Waals surface area contributed by atoms with E-state index in [0.29, 0.717) is 31.7 Å². The Morgan fingerprint density at radius 2 is 1.91 bits per heavy atom. The highest BCUT2D eigenvalue weighted by molar-refractivity contribution is 5.79. The van der Waals surface area contributed by atoms with Gasteiger partial charge in [0.25, 0.3) is 0 Å². The van der Waals surface area contributed by atoms with E-state index in [-0.39, 0.29) is 29.7 Å². The number of carbonyl (C=O) groups is 1. The molecule has 0 saturated carbocycles. The fraction of sp³-hybridized carbons (Fsp3) is 0.333. The smallest absolute Gasteiger partial charge is 0.405 e. The van der Waals surface area contributed by atoms with Gasteiger partial charge < -0.3 is 15.0 Å². The number of nitrogens with zero attached hydrogens (tertiary/aromatic N) is 5. The highest BCUT2D eigenvalue weighted by atomic mass is 19.4. The number of nitrogens with one attached hydrogen (secondary N) is 1. The first-order valence-electron chi connectivity index (χ1n) is 10.1. The number of imidazole rings is 1. The van der Waals surface area contributed by atoms with E-state index in [2.05, 4.69) is 29.9 Å². The maximum absolute atomic E-state index is 12.6. The summed E-state index contributed by atoms with van der Waals surface area (Å²) in [7, 11) is 0. The van der Waals surface area contributed by atoms with Gasteiger partial charge >= 0.3 is 6.36 Å². The molecule has 1 amide bonds. The molecule has 1 aliphatic rings. The van der Waals surface area contributed by atoms with Crippen molar-refractivity contribution in [1.29, 1.82) is 0 Å². The predicted octanol–water partition coefficient (Wildman–Crippen LogP) is 3.09. The SMILES string of the molecule is O=C(NCc1ccccc1OC(F)(F)F)C1CCN(c2cc(-n3ccnc3)ncn2)CC1. The second-order valence-corrected chi connectivity index (χ2v) is 7.34. The molecule has 3 aromatic rings. The number of amides is 1. The van der Waals surface area contributed by atoms with Crippen LogP contribution in [-0.4, -0.2) is 44.9 Å².